The van der Waals surface area contributed by atoms with E-state index in [2.05, 4.69) is 34.7 Å². The number of amides is 1. The summed E-state index contributed by atoms with van der Waals surface area (Å²) >= 11 is 1.66. The van der Waals surface area contributed by atoms with E-state index in [4.69, 9.17) is 0 Å². The van der Waals surface area contributed by atoms with E-state index in [9.17, 15) is 4.79 Å². The van der Waals surface area contributed by atoms with Crippen LogP contribution in [0.5, 0.6) is 0 Å². The average molecular weight is 261 g/mol. The lowest BCUT2D eigenvalue weighted by molar-refractivity contribution is -0.119. The third kappa shape index (κ3) is 2.31. The van der Waals surface area contributed by atoms with Gasteiger partial charge in [0.25, 0.3) is 0 Å². The maximum absolute atomic E-state index is 11.1. The smallest absolute Gasteiger partial charge is 0.220 e. The number of fused-ring (bicyclic) bond motifs is 1. The molecule has 2 aromatic rings. The maximum atomic E-state index is 11.1. The Balaban J connectivity index is 1.69. The molecule has 1 amide bonds. The summed E-state index contributed by atoms with van der Waals surface area (Å²) in [6.07, 6.45) is 1.56. The zero-order chi connectivity index (χ0) is 12.5. The van der Waals surface area contributed by atoms with Crippen LogP contribution in [0.25, 0.3) is 10.2 Å². The van der Waals surface area contributed by atoms with Crippen molar-refractivity contribution in [3.05, 3.63) is 23.8 Å². The first-order valence-corrected chi connectivity index (χ1v) is 6.93. The first-order chi connectivity index (χ1) is 8.70. The Morgan fingerprint density at radius 1 is 1.56 bits per heavy atom. The molecule has 5 heteroatoms. The van der Waals surface area contributed by atoms with Gasteiger partial charge in [0.2, 0.25) is 5.91 Å². The van der Waals surface area contributed by atoms with Crippen molar-refractivity contribution in [1.82, 2.24) is 10.3 Å². The second kappa shape index (κ2) is 4.57. The SMILES string of the molecule is Cc1ccc2nc(NCC3CCC(=O)N3)sc2c1. The molecule has 1 atom stereocenters. The second-order valence-electron chi connectivity index (χ2n) is 4.67. The van der Waals surface area contributed by atoms with Crippen molar-refractivity contribution in [3.63, 3.8) is 0 Å². The van der Waals surface area contributed by atoms with Crippen LogP contribution in [0.3, 0.4) is 0 Å². The number of benzene rings is 1. The number of aromatic nitrogens is 1. The van der Waals surface area contributed by atoms with Crippen LogP contribution in [0.15, 0.2) is 18.2 Å². The van der Waals surface area contributed by atoms with Gasteiger partial charge in [0, 0.05) is 19.0 Å². The number of carbonyl (C=O) groups excluding carboxylic acids is 1. The topological polar surface area (TPSA) is 54.0 Å². The quantitative estimate of drug-likeness (QED) is 0.891. The number of rotatable bonds is 3. The summed E-state index contributed by atoms with van der Waals surface area (Å²) in [4.78, 5) is 15.6. The fourth-order valence-electron chi connectivity index (χ4n) is 2.15. The zero-order valence-electron chi connectivity index (χ0n) is 10.2. The van der Waals surface area contributed by atoms with Crippen molar-refractivity contribution in [2.24, 2.45) is 0 Å². The summed E-state index contributed by atoms with van der Waals surface area (Å²) in [6.45, 7) is 2.84. The van der Waals surface area contributed by atoms with E-state index < -0.39 is 0 Å². The van der Waals surface area contributed by atoms with Crippen LogP contribution in [0.1, 0.15) is 18.4 Å². The number of nitrogens with zero attached hydrogens (tertiary/aromatic N) is 1. The van der Waals surface area contributed by atoms with E-state index in [0.717, 1.165) is 23.6 Å². The molecule has 0 saturated carbocycles. The molecule has 1 aliphatic heterocycles. The van der Waals surface area contributed by atoms with E-state index in [1.54, 1.807) is 11.3 Å². The van der Waals surface area contributed by atoms with Crippen LogP contribution in [-0.2, 0) is 4.79 Å². The predicted molar refractivity (Wildman–Crippen MR) is 74.0 cm³/mol. The van der Waals surface area contributed by atoms with Crippen LogP contribution in [0.4, 0.5) is 5.13 Å². The fourth-order valence-corrected chi connectivity index (χ4v) is 3.12. The van der Waals surface area contributed by atoms with Gasteiger partial charge in [-0.3, -0.25) is 4.79 Å². The van der Waals surface area contributed by atoms with Gasteiger partial charge < -0.3 is 10.6 Å². The highest BCUT2D eigenvalue weighted by molar-refractivity contribution is 7.22. The van der Waals surface area contributed by atoms with E-state index in [0.29, 0.717) is 6.42 Å². The van der Waals surface area contributed by atoms with Gasteiger partial charge in [-0.2, -0.15) is 0 Å². The number of carbonyl (C=O) groups is 1. The van der Waals surface area contributed by atoms with Crippen LogP contribution < -0.4 is 10.6 Å². The van der Waals surface area contributed by atoms with E-state index in [1.165, 1.54) is 10.3 Å². The minimum Gasteiger partial charge on any atom is -0.359 e. The fraction of sp³-hybridized carbons (Fsp3) is 0.385. The molecule has 3 rings (SSSR count). The highest BCUT2D eigenvalue weighted by atomic mass is 32.1. The summed E-state index contributed by atoms with van der Waals surface area (Å²) in [5.41, 5.74) is 2.28. The summed E-state index contributed by atoms with van der Waals surface area (Å²) < 4.78 is 1.20. The lowest BCUT2D eigenvalue weighted by Gasteiger charge is -2.09. The molecular formula is C13H15N3OS. The number of nitrogens with one attached hydrogen (secondary N) is 2. The van der Waals surface area contributed by atoms with E-state index in [1.807, 2.05) is 6.07 Å². The van der Waals surface area contributed by atoms with Crippen LogP contribution in [0.2, 0.25) is 0 Å². The van der Waals surface area contributed by atoms with Crippen LogP contribution in [0, 0.1) is 6.92 Å². The first-order valence-electron chi connectivity index (χ1n) is 6.11. The highest BCUT2D eigenvalue weighted by Gasteiger charge is 2.20. The minimum absolute atomic E-state index is 0.154. The minimum atomic E-state index is 0.154. The third-order valence-corrected chi connectivity index (χ3v) is 4.10. The molecule has 2 N–H and O–H groups in total. The highest BCUT2D eigenvalue weighted by Crippen LogP contribution is 2.26. The molecule has 1 aromatic heterocycles. The van der Waals surface area contributed by atoms with Crippen molar-refractivity contribution in [2.45, 2.75) is 25.8 Å². The summed E-state index contributed by atoms with van der Waals surface area (Å²) in [5, 5.41) is 7.18. The molecule has 0 bridgehead atoms. The zero-order valence-corrected chi connectivity index (χ0v) is 11.0. The Kier molecular flexibility index (Phi) is 2.91. The molecule has 2 heterocycles. The monoisotopic (exact) mass is 261 g/mol. The first kappa shape index (κ1) is 11.5. The van der Waals surface area contributed by atoms with Gasteiger partial charge >= 0.3 is 0 Å². The summed E-state index contributed by atoms with van der Waals surface area (Å²) in [5.74, 6) is 0.154. The Morgan fingerprint density at radius 2 is 2.44 bits per heavy atom. The Morgan fingerprint density at radius 3 is 3.22 bits per heavy atom. The summed E-state index contributed by atoms with van der Waals surface area (Å²) in [6, 6.07) is 6.51. The molecule has 94 valence electrons. The molecule has 0 aliphatic carbocycles. The molecule has 0 spiro atoms. The van der Waals surface area contributed by atoms with Crippen molar-refractivity contribution >= 4 is 32.6 Å². The van der Waals surface area contributed by atoms with Crippen molar-refractivity contribution in [1.29, 1.82) is 0 Å². The van der Waals surface area contributed by atoms with Gasteiger partial charge in [-0.05, 0) is 31.0 Å². The molecule has 1 unspecified atom stereocenters. The second-order valence-corrected chi connectivity index (χ2v) is 5.70. The molecule has 4 nitrogen and oxygen atoms in total. The van der Waals surface area contributed by atoms with Gasteiger partial charge in [0.15, 0.2) is 5.13 Å². The number of thiazole rings is 1. The maximum Gasteiger partial charge on any atom is 0.220 e. The Labute approximate surface area is 109 Å². The number of hydrogen-bond acceptors (Lipinski definition) is 4. The predicted octanol–water partition coefficient (Wildman–Crippen LogP) is 2.30. The number of anilines is 1. The molecule has 1 fully saturated rings. The molecular weight excluding hydrogens is 246 g/mol. The standard InChI is InChI=1S/C13H15N3OS/c1-8-2-4-10-11(6-8)18-13(16-10)14-7-9-3-5-12(17)15-9/h2,4,6,9H,3,5,7H2,1H3,(H,14,16)(H,15,17). The van der Waals surface area contributed by atoms with Gasteiger partial charge in [-0.1, -0.05) is 17.4 Å². The van der Waals surface area contributed by atoms with Crippen molar-refractivity contribution < 1.29 is 4.79 Å². The third-order valence-electron chi connectivity index (χ3n) is 3.13. The van der Waals surface area contributed by atoms with Crippen LogP contribution >= 0.6 is 11.3 Å². The van der Waals surface area contributed by atoms with Crippen LogP contribution in [-0.4, -0.2) is 23.5 Å². The van der Waals surface area contributed by atoms with E-state index in [-0.39, 0.29) is 11.9 Å². The molecule has 1 aliphatic rings. The summed E-state index contributed by atoms with van der Waals surface area (Å²) in [7, 11) is 0. The normalized spacial score (nSPS) is 19.2. The van der Waals surface area contributed by atoms with Gasteiger partial charge in [-0.25, -0.2) is 4.98 Å². The van der Waals surface area contributed by atoms with E-state index >= 15 is 0 Å². The lowest BCUT2D eigenvalue weighted by Crippen LogP contribution is -2.31. The Hall–Kier alpha value is -1.62. The molecule has 1 aromatic carbocycles. The lowest BCUT2D eigenvalue weighted by atomic mass is 10.2. The number of hydrogen-bond donors (Lipinski definition) is 2. The van der Waals surface area contributed by atoms with Crippen molar-refractivity contribution in [2.75, 3.05) is 11.9 Å². The van der Waals surface area contributed by atoms with Gasteiger partial charge in [-0.15, -0.1) is 0 Å². The van der Waals surface area contributed by atoms with Crippen molar-refractivity contribution in [3.8, 4) is 0 Å². The van der Waals surface area contributed by atoms with Gasteiger partial charge in [0.05, 0.1) is 10.2 Å². The largest absolute Gasteiger partial charge is 0.359 e. The average Bonchev–Trinajstić information content (AvgIpc) is 2.92. The Bertz CT molecular complexity index is 593. The molecule has 18 heavy (non-hydrogen) atoms. The van der Waals surface area contributed by atoms with Gasteiger partial charge in [0.1, 0.15) is 0 Å². The molecule has 0 radical (unpaired) electrons. The number of aryl methyl sites for hydroxylation is 1. The molecule has 1 saturated heterocycles.